The van der Waals surface area contributed by atoms with Gasteiger partial charge >= 0.3 is 6.18 Å². The Morgan fingerprint density at radius 1 is 1.24 bits per heavy atom. The average Bonchev–Trinajstić information content (AvgIpc) is 2.88. The Kier molecular flexibility index (Phi) is 5.44. The van der Waals surface area contributed by atoms with Gasteiger partial charge in [0.25, 0.3) is 0 Å². The molecule has 172 valence electrons. The van der Waals surface area contributed by atoms with Crippen LogP contribution in [0.4, 0.5) is 24.5 Å². The fourth-order valence-electron chi connectivity index (χ4n) is 4.45. The van der Waals surface area contributed by atoms with Crippen molar-refractivity contribution in [3.8, 4) is 0 Å². The summed E-state index contributed by atoms with van der Waals surface area (Å²) in [5, 5.41) is 6.30. The van der Waals surface area contributed by atoms with Crippen molar-refractivity contribution in [2.75, 3.05) is 24.2 Å². The normalized spacial score (nSPS) is 22.5. The number of alkyl halides is 3. The quantitative estimate of drug-likeness (QED) is 0.634. The van der Waals surface area contributed by atoms with Crippen LogP contribution >= 0.6 is 12.2 Å². The number of pyridine rings is 1. The highest BCUT2D eigenvalue weighted by Gasteiger charge is 2.34. The molecule has 3 aliphatic heterocycles. The minimum absolute atomic E-state index is 0.197. The third-order valence-electron chi connectivity index (χ3n) is 6.16. The number of rotatable bonds is 2. The van der Waals surface area contributed by atoms with Crippen molar-refractivity contribution in [1.29, 1.82) is 0 Å². The average molecular weight is 473 g/mol. The number of anilines is 2. The van der Waals surface area contributed by atoms with Crippen LogP contribution in [-0.2, 0) is 19.1 Å². The SMILES string of the molecule is Cc1nc2c(cc1NC1N=CC3CC(=S)Nc4cc(C(F)(F)F)ccc4C3=N1)CN(C)CC2. The Morgan fingerprint density at radius 2 is 2.06 bits per heavy atom. The predicted octanol–water partition coefficient (Wildman–Crippen LogP) is 4.43. The molecule has 5 rings (SSSR count). The van der Waals surface area contributed by atoms with E-state index in [4.69, 9.17) is 22.2 Å². The van der Waals surface area contributed by atoms with Gasteiger partial charge in [-0.1, -0.05) is 18.3 Å². The van der Waals surface area contributed by atoms with Crippen LogP contribution in [0.25, 0.3) is 0 Å². The number of hydrogen-bond donors (Lipinski definition) is 2. The fourth-order valence-corrected chi connectivity index (χ4v) is 4.74. The number of aryl methyl sites for hydroxylation is 1. The summed E-state index contributed by atoms with van der Waals surface area (Å²) in [6.07, 6.45) is -1.89. The number of nitrogens with zero attached hydrogens (tertiary/aromatic N) is 4. The van der Waals surface area contributed by atoms with Crippen molar-refractivity contribution in [2.24, 2.45) is 15.9 Å². The third-order valence-corrected chi connectivity index (χ3v) is 6.43. The molecule has 0 saturated carbocycles. The van der Waals surface area contributed by atoms with E-state index in [9.17, 15) is 13.2 Å². The van der Waals surface area contributed by atoms with Crippen LogP contribution in [0, 0.1) is 12.8 Å². The molecule has 2 aromatic rings. The van der Waals surface area contributed by atoms with Crippen molar-refractivity contribution in [3.63, 3.8) is 0 Å². The van der Waals surface area contributed by atoms with Gasteiger partial charge in [0.05, 0.1) is 27.6 Å². The molecule has 2 unspecified atom stereocenters. The summed E-state index contributed by atoms with van der Waals surface area (Å²) in [4.78, 5) is 16.8. The number of halogens is 3. The van der Waals surface area contributed by atoms with E-state index in [1.165, 1.54) is 11.6 Å². The van der Waals surface area contributed by atoms with Crippen molar-refractivity contribution in [1.82, 2.24) is 9.88 Å². The molecule has 2 atom stereocenters. The molecule has 0 amide bonds. The highest BCUT2D eigenvalue weighted by Crippen LogP contribution is 2.35. The van der Waals surface area contributed by atoms with Crippen molar-refractivity contribution in [3.05, 3.63) is 52.3 Å². The number of likely N-dealkylation sites (N-methyl/N-ethyl adjacent to an activating group) is 1. The molecule has 0 bridgehead atoms. The first-order valence-electron chi connectivity index (χ1n) is 10.7. The molecule has 3 aliphatic rings. The first kappa shape index (κ1) is 22.0. The Balaban J connectivity index is 1.48. The van der Waals surface area contributed by atoms with Crippen molar-refractivity contribution >= 4 is 40.5 Å². The summed E-state index contributed by atoms with van der Waals surface area (Å²) in [7, 11) is 2.08. The first-order chi connectivity index (χ1) is 15.7. The summed E-state index contributed by atoms with van der Waals surface area (Å²) in [6.45, 7) is 3.77. The van der Waals surface area contributed by atoms with E-state index in [1.807, 2.05) is 6.92 Å². The molecule has 6 nitrogen and oxygen atoms in total. The Bertz CT molecular complexity index is 1190. The third kappa shape index (κ3) is 4.37. The van der Waals surface area contributed by atoms with Gasteiger partial charge in [-0.25, -0.2) is 4.99 Å². The van der Waals surface area contributed by atoms with Crippen molar-refractivity contribution < 1.29 is 13.2 Å². The van der Waals surface area contributed by atoms with Gasteiger partial charge in [-0.3, -0.25) is 9.98 Å². The lowest BCUT2D eigenvalue weighted by Crippen LogP contribution is -2.30. The molecule has 1 aromatic heterocycles. The van der Waals surface area contributed by atoms with Gasteiger partial charge < -0.3 is 15.5 Å². The largest absolute Gasteiger partial charge is 0.416 e. The van der Waals surface area contributed by atoms with E-state index in [0.717, 1.165) is 48.7 Å². The standard InChI is InChI=1S/C23H23F3N6S/c1-12-18(7-14-11-32(2)6-5-17(14)28-12)30-22-27-10-13-8-20(33)29-19-9-15(23(24,25)26)3-4-16(19)21(13)31-22/h3-4,7,9-10,13,22,30H,5-6,8,11H2,1-2H3,(H,29,33). The van der Waals surface area contributed by atoms with E-state index in [2.05, 4.69) is 33.6 Å². The Labute approximate surface area is 195 Å². The Morgan fingerprint density at radius 3 is 2.85 bits per heavy atom. The number of fused-ring (bicyclic) bond motifs is 4. The van der Waals surface area contributed by atoms with E-state index in [0.29, 0.717) is 28.4 Å². The van der Waals surface area contributed by atoms with E-state index in [-0.39, 0.29) is 5.92 Å². The second-order valence-corrected chi connectivity index (χ2v) is 9.16. The molecular weight excluding hydrogens is 449 g/mol. The van der Waals surface area contributed by atoms with Gasteiger partial charge in [-0.2, -0.15) is 13.2 Å². The lowest BCUT2D eigenvalue weighted by Gasteiger charge is -2.27. The van der Waals surface area contributed by atoms with E-state index >= 15 is 0 Å². The predicted molar refractivity (Wildman–Crippen MR) is 127 cm³/mol. The monoisotopic (exact) mass is 472 g/mol. The molecule has 0 aliphatic carbocycles. The number of aliphatic imine (C=N–C) groups is 2. The van der Waals surface area contributed by atoms with Crippen LogP contribution in [0.1, 0.15) is 34.5 Å². The minimum atomic E-state index is -4.44. The maximum absolute atomic E-state index is 13.2. The second kappa shape index (κ2) is 8.18. The molecule has 0 radical (unpaired) electrons. The highest BCUT2D eigenvalue weighted by atomic mass is 32.1. The molecular formula is C23H23F3N6S. The van der Waals surface area contributed by atoms with Crippen LogP contribution < -0.4 is 10.6 Å². The number of thiocarbonyl (C=S) groups is 1. The number of benzene rings is 1. The van der Waals surface area contributed by atoms with Gasteiger partial charge in [-0.15, -0.1) is 0 Å². The molecule has 1 aromatic carbocycles. The molecule has 10 heteroatoms. The summed E-state index contributed by atoms with van der Waals surface area (Å²) in [6, 6.07) is 5.73. The maximum Gasteiger partial charge on any atom is 0.416 e. The molecule has 0 spiro atoms. The topological polar surface area (TPSA) is 64.9 Å². The van der Waals surface area contributed by atoms with Crippen molar-refractivity contribution in [2.45, 2.75) is 38.8 Å². The molecule has 0 fully saturated rings. The van der Waals surface area contributed by atoms with Gasteiger partial charge in [0, 0.05) is 55.0 Å². The zero-order valence-corrected chi connectivity index (χ0v) is 19.0. The van der Waals surface area contributed by atoms with E-state index in [1.54, 1.807) is 6.21 Å². The second-order valence-electron chi connectivity index (χ2n) is 8.66. The lowest BCUT2D eigenvalue weighted by molar-refractivity contribution is -0.137. The van der Waals surface area contributed by atoms with Crippen LogP contribution in [0.2, 0.25) is 0 Å². The summed E-state index contributed by atoms with van der Waals surface area (Å²) >= 11 is 5.35. The number of aromatic nitrogens is 1. The Hall–Kier alpha value is -2.85. The van der Waals surface area contributed by atoms with E-state index < -0.39 is 18.0 Å². The minimum Gasteiger partial charge on any atom is -0.349 e. The van der Waals surface area contributed by atoms with Crippen LogP contribution in [0.3, 0.4) is 0 Å². The summed E-state index contributed by atoms with van der Waals surface area (Å²) < 4.78 is 39.7. The fraction of sp³-hybridized carbons (Fsp3) is 0.391. The molecule has 2 N–H and O–H groups in total. The zero-order chi connectivity index (χ0) is 23.3. The van der Waals surface area contributed by atoms with Gasteiger partial charge in [-0.05, 0) is 37.7 Å². The van der Waals surface area contributed by atoms with Crippen LogP contribution in [0.5, 0.6) is 0 Å². The number of nitrogens with one attached hydrogen (secondary N) is 2. The number of hydrogen-bond acceptors (Lipinski definition) is 6. The summed E-state index contributed by atoms with van der Waals surface area (Å²) in [5.74, 6) is -0.197. The zero-order valence-electron chi connectivity index (χ0n) is 18.2. The molecule has 4 heterocycles. The summed E-state index contributed by atoms with van der Waals surface area (Å²) in [5.41, 5.74) is 4.88. The van der Waals surface area contributed by atoms with Gasteiger partial charge in [0.2, 0.25) is 6.29 Å². The van der Waals surface area contributed by atoms with Crippen LogP contribution in [-0.4, -0.2) is 46.7 Å². The first-order valence-corrected chi connectivity index (χ1v) is 11.1. The maximum atomic E-state index is 13.2. The van der Waals surface area contributed by atoms with Crippen LogP contribution in [0.15, 0.2) is 34.3 Å². The molecule has 0 saturated heterocycles. The molecule has 33 heavy (non-hydrogen) atoms. The van der Waals surface area contributed by atoms with Gasteiger partial charge in [0.15, 0.2) is 0 Å². The highest BCUT2D eigenvalue weighted by molar-refractivity contribution is 7.80. The lowest BCUT2D eigenvalue weighted by atomic mass is 9.93. The smallest absolute Gasteiger partial charge is 0.349 e. The van der Waals surface area contributed by atoms with Gasteiger partial charge in [0.1, 0.15) is 0 Å².